The fourth-order valence-corrected chi connectivity index (χ4v) is 3.50. The summed E-state index contributed by atoms with van der Waals surface area (Å²) in [5.41, 5.74) is 0.920. The van der Waals surface area contributed by atoms with Gasteiger partial charge in [-0.05, 0) is 48.6 Å². The molecule has 7 nitrogen and oxygen atoms in total. The van der Waals surface area contributed by atoms with Crippen LogP contribution in [-0.4, -0.2) is 31.1 Å². The highest BCUT2D eigenvalue weighted by Gasteiger charge is 2.25. The van der Waals surface area contributed by atoms with E-state index in [1.165, 1.54) is 31.4 Å². The molecule has 1 atom stereocenters. The lowest BCUT2D eigenvalue weighted by molar-refractivity contribution is -0.384. The van der Waals surface area contributed by atoms with E-state index in [9.17, 15) is 19.3 Å². The number of nitrogens with zero attached hydrogens (tertiary/aromatic N) is 2. The number of methoxy groups -OCH3 is 1. The quantitative estimate of drug-likeness (QED) is 0.406. The van der Waals surface area contributed by atoms with E-state index in [1.807, 2.05) is 4.90 Å². The van der Waals surface area contributed by atoms with Gasteiger partial charge in [-0.1, -0.05) is 13.0 Å². The van der Waals surface area contributed by atoms with Crippen LogP contribution in [0.1, 0.15) is 35.7 Å². The molecule has 2 aromatic rings. The highest BCUT2D eigenvalue weighted by atomic mass is 19.1. The van der Waals surface area contributed by atoms with Crippen LogP contribution < -0.4 is 9.64 Å². The Morgan fingerprint density at radius 1 is 1.31 bits per heavy atom. The van der Waals surface area contributed by atoms with Gasteiger partial charge in [-0.15, -0.1) is 0 Å². The van der Waals surface area contributed by atoms with Crippen LogP contribution in [0.5, 0.6) is 5.75 Å². The standard InChI is InChI=1S/C21H23FN2O5/c1-14-4-3-9-23(12-14)18-7-6-16(11-19(18)24(26)27)21(25)29-13-15-5-8-20(28-2)17(22)10-15/h5-8,10-11,14H,3-4,9,12-13H2,1-2H3/t14-/m0/s1. The summed E-state index contributed by atoms with van der Waals surface area (Å²) >= 11 is 0. The first-order chi connectivity index (χ1) is 13.9. The minimum Gasteiger partial charge on any atom is -0.494 e. The number of carbonyl (C=O) groups excluding carboxylic acids is 1. The number of carbonyl (C=O) groups is 1. The highest BCUT2D eigenvalue weighted by molar-refractivity contribution is 5.91. The molecule has 1 fully saturated rings. The monoisotopic (exact) mass is 402 g/mol. The lowest BCUT2D eigenvalue weighted by atomic mass is 9.99. The van der Waals surface area contributed by atoms with Gasteiger partial charge in [-0.3, -0.25) is 10.1 Å². The number of anilines is 1. The Bertz CT molecular complexity index is 918. The van der Waals surface area contributed by atoms with Crippen molar-refractivity contribution in [1.82, 2.24) is 0 Å². The van der Waals surface area contributed by atoms with Crippen LogP contribution in [0.3, 0.4) is 0 Å². The molecular weight excluding hydrogens is 379 g/mol. The van der Waals surface area contributed by atoms with Crippen LogP contribution in [0.15, 0.2) is 36.4 Å². The van der Waals surface area contributed by atoms with E-state index in [1.54, 1.807) is 12.1 Å². The number of rotatable bonds is 6. The number of esters is 1. The van der Waals surface area contributed by atoms with Gasteiger partial charge in [0.1, 0.15) is 12.3 Å². The second-order valence-corrected chi connectivity index (χ2v) is 7.20. The first-order valence-corrected chi connectivity index (χ1v) is 9.42. The highest BCUT2D eigenvalue weighted by Crippen LogP contribution is 2.32. The van der Waals surface area contributed by atoms with Gasteiger partial charge in [-0.25, -0.2) is 9.18 Å². The Morgan fingerprint density at radius 2 is 2.10 bits per heavy atom. The van der Waals surface area contributed by atoms with E-state index in [4.69, 9.17) is 9.47 Å². The second-order valence-electron chi connectivity index (χ2n) is 7.20. The molecule has 0 radical (unpaired) electrons. The van der Waals surface area contributed by atoms with E-state index in [0.29, 0.717) is 17.2 Å². The molecule has 0 aromatic heterocycles. The van der Waals surface area contributed by atoms with Crippen LogP contribution in [0.2, 0.25) is 0 Å². The molecule has 0 unspecified atom stereocenters. The first-order valence-electron chi connectivity index (χ1n) is 9.42. The molecular formula is C21H23FN2O5. The third kappa shape index (κ3) is 4.82. The van der Waals surface area contributed by atoms with Crippen molar-refractivity contribution in [1.29, 1.82) is 0 Å². The third-order valence-corrected chi connectivity index (χ3v) is 4.99. The maximum Gasteiger partial charge on any atom is 0.338 e. The van der Waals surface area contributed by atoms with Crippen molar-refractivity contribution in [2.45, 2.75) is 26.4 Å². The number of piperidine rings is 1. The average Bonchev–Trinajstić information content (AvgIpc) is 2.71. The van der Waals surface area contributed by atoms with E-state index >= 15 is 0 Å². The summed E-state index contributed by atoms with van der Waals surface area (Å²) in [6.07, 6.45) is 2.07. The number of ether oxygens (including phenoxy) is 2. The molecule has 0 bridgehead atoms. The zero-order valence-electron chi connectivity index (χ0n) is 16.4. The lowest BCUT2D eigenvalue weighted by Crippen LogP contribution is -2.34. The second kappa shape index (κ2) is 8.89. The average molecular weight is 402 g/mol. The summed E-state index contributed by atoms with van der Waals surface area (Å²) in [7, 11) is 1.36. The normalized spacial score (nSPS) is 16.4. The molecule has 8 heteroatoms. The van der Waals surface area contributed by atoms with Gasteiger partial charge in [-0.2, -0.15) is 0 Å². The van der Waals surface area contributed by atoms with Crippen molar-refractivity contribution >= 4 is 17.3 Å². The molecule has 0 amide bonds. The molecule has 0 saturated carbocycles. The van der Waals surface area contributed by atoms with Gasteiger partial charge in [0.2, 0.25) is 0 Å². The molecule has 0 aliphatic carbocycles. The van der Waals surface area contributed by atoms with Crippen LogP contribution >= 0.6 is 0 Å². The number of hydrogen-bond donors (Lipinski definition) is 0. The van der Waals surface area contributed by atoms with Crippen LogP contribution in [0.4, 0.5) is 15.8 Å². The van der Waals surface area contributed by atoms with Crippen molar-refractivity contribution in [3.05, 3.63) is 63.5 Å². The summed E-state index contributed by atoms with van der Waals surface area (Å²) in [5, 5.41) is 11.6. The number of nitro groups is 1. The van der Waals surface area contributed by atoms with Crippen LogP contribution in [-0.2, 0) is 11.3 Å². The van der Waals surface area contributed by atoms with Crippen molar-refractivity contribution in [3.8, 4) is 5.75 Å². The minimum absolute atomic E-state index is 0.0829. The molecule has 1 aliphatic heterocycles. The predicted octanol–water partition coefficient (Wildman–Crippen LogP) is 4.34. The van der Waals surface area contributed by atoms with E-state index in [2.05, 4.69) is 6.92 Å². The molecule has 0 N–H and O–H groups in total. The summed E-state index contributed by atoms with van der Waals surface area (Å²) in [5.74, 6) is -0.712. The molecule has 1 aliphatic rings. The zero-order chi connectivity index (χ0) is 21.0. The Labute approximate surface area is 168 Å². The molecule has 2 aromatic carbocycles. The maximum atomic E-state index is 13.7. The van der Waals surface area contributed by atoms with Gasteiger partial charge in [0, 0.05) is 19.2 Å². The Morgan fingerprint density at radius 3 is 2.76 bits per heavy atom. The SMILES string of the molecule is COc1ccc(COC(=O)c2ccc(N3CCC[C@H](C)C3)c([N+](=O)[O-])c2)cc1F. The molecule has 29 heavy (non-hydrogen) atoms. The number of nitro benzene ring substituents is 1. The van der Waals surface area contributed by atoms with Gasteiger partial charge in [0.05, 0.1) is 17.6 Å². The van der Waals surface area contributed by atoms with Gasteiger partial charge in [0.25, 0.3) is 5.69 Å². The lowest BCUT2D eigenvalue weighted by Gasteiger charge is -2.32. The van der Waals surface area contributed by atoms with Crippen LogP contribution in [0.25, 0.3) is 0 Å². The smallest absolute Gasteiger partial charge is 0.338 e. The molecule has 0 spiro atoms. The first kappa shape index (κ1) is 20.6. The molecule has 1 saturated heterocycles. The fourth-order valence-electron chi connectivity index (χ4n) is 3.50. The van der Waals surface area contributed by atoms with Gasteiger partial charge < -0.3 is 14.4 Å². The third-order valence-electron chi connectivity index (χ3n) is 4.99. The summed E-state index contributed by atoms with van der Waals surface area (Å²) in [6.45, 7) is 3.45. The molecule has 3 rings (SSSR count). The number of benzene rings is 2. The van der Waals surface area contributed by atoms with Crippen molar-refractivity contribution in [2.75, 3.05) is 25.1 Å². The van der Waals surface area contributed by atoms with Crippen LogP contribution in [0, 0.1) is 21.8 Å². The predicted molar refractivity (Wildman–Crippen MR) is 106 cm³/mol. The molecule has 154 valence electrons. The summed E-state index contributed by atoms with van der Waals surface area (Å²) in [4.78, 5) is 25.4. The van der Waals surface area contributed by atoms with Crippen molar-refractivity contribution < 1.29 is 23.6 Å². The summed E-state index contributed by atoms with van der Waals surface area (Å²) < 4.78 is 23.8. The summed E-state index contributed by atoms with van der Waals surface area (Å²) in [6, 6.07) is 8.61. The maximum absolute atomic E-state index is 13.7. The Balaban J connectivity index is 1.74. The number of halogens is 1. The van der Waals surface area contributed by atoms with Gasteiger partial charge >= 0.3 is 5.97 Å². The van der Waals surface area contributed by atoms with E-state index in [0.717, 1.165) is 25.9 Å². The van der Waals surface area contributed by atoms with E-state index in [-0.39, 0.29) is 23.6 Å². The van der Waals surface area contributed by atoms with Crippen molar-refractivity contribution in [2.24, 2.45) is 5.92 Å². The van der Waals surface area contributed by atoms with Crippen molar-refractivity contribution in [3.63, 3.8) is 0 Å². The Kier molecular flexibility index (Phi) is 6.31. The van der Waals surface area contributed by atoms with Gasteiger partial charge in [0.15, 0.2) is 11.6 Å². The molecule has 1 heterocycles. The Hall–Kier alpha value is -3.16. The largest absolute Gasteiger partial charge is 0.494 e. The minimum atomic E-state index is -0.706. The fraction of sp³-hybridized carbons (Fsp3) is 0.381. The zero-order valence-corrected chi connectivity index (χ0v) is 16.4. The topological polar surface area (TPSA) is 81.9 Å². The van der Waals surface area contributed by atoms with E-state index < -0.39 is 16.7 Å². The number of hydrogen-bond acceptors (Lipinski definition) is 6.